The molecule has 3 nitrogen and oxygen atoms in total. The number of likely N-dealkylation sites (tertiary alicyclic amines) is 1. The van der Waals surface area contributed by atoms with Gasteiger partial charge in [0, 0.05) is 13.1 Å². The van der Waals surface area contributed by atoms with Gasteiger partial charge in [-0.3, -0.25) is 0 Å². The van der Waals surface area contributed by atoms with Crippen molar-refractivity contribution in [3.8, 4) is 5.75 Å². The highest BCUT2D eigenvalue weighted by molar-refractivity contribution is 5.45. The van der Waals surface area contributed by atoms with E-state index in [0.29, 0.717) is 5.92 Å². The maximum Gasteiger partial charge on any atom is 0.125 e. The minimum atomic E-state index is 0.627. The Morgan fingerprint density at radius 1 is 1.26 bits per heavy atom. The molecular formula is C16H26N2O. The van der Waals surface area contributed by atoms with Crippen LogP contribution < -0.4 is 10.5 Å². The van der Waals surface area contributed by atoms with Gasteiger partial charge in [0.2, 0.25) is 0 Å². The van der Waals surface area contributed by atoms with Crippen LogP contribution in [0.25, 0.3) is 0 Å². The summed E-state index contributed by atoms with van der Waals surface area (Å²) in [4.78, 5) is 2.46. The van der Waals surface area contributed by atoms with Gasteiger partial charge in [-0.2, -0.15) is 0 Å². The van der Waals surface area contributed by atoms with Gasteiger partial charge in [-0.1, -0.05) is 17.7 Å². The number of rotatable bonds is 4. The molecule has 3 heteroatoms. The molecule has 0 aromatic heterocycles. The van der Waals surface area contributed by atoms with Crippen LogP contribution in [-0.2, 0) is 0 Å². The minimum absolute atomic E-state index is 0.627. The zero-order valence-electron chi connectivity index (χ0n) is 12.4. The van der Waals surface area contributed by atoms with Gasteiger partial charge in [-0.15, -0.1) is 0 Å². The summed E-state index contributed by atoms with van der Waals surface area (Å²) < 4.78 is 5.63. The number of hydrogen-bond acceptors (Lipinski definition) is 3. The van der Waals surface area contributed by atoms with Crippen molar-refractivity contribution in [3.63, 3.8) is 0 Å². The van der Waals surface area contributed by atoms with Crippen molar-refractivity contribution in [2.75, 3.05) is 33.3 Å². The zero-order chi connectivity index (χ0) is 13.8. The molecule has 1 heterocycles. The standard InChI is InChI=1S/C16H26N2O/c1-12-10-13(2)16(19-3)15(11-12)14-4-7-18(8-5-14)9-6-17/h10-11,14H,4-9,17H2,1-3H3. The van der Waals surface area contributed by atoms with E-state index in [2.05, 4.69) is 30.9 Å². The number of ether oxygens (including phenoxy) is 1. The van der Waals surface area contributed by atoms with Crippen LogP contribution >= 0.6 is 0 Å². The fourth-order valence-electron chi connectivity index (χ4n) is 3.22. The first kappa shape index (κ1) is 14.4. The van der Waals surface area contributed by atoms with Crippen LogP contribution in [0.1, 0.15) is 35.4 Å². The first-order valence-corrected chi connectivity index (χ1v) is 7.23. The predicted octanol–water partition coefficient (Wildman–Crippen LogP) is 2.45. The van der Waals surface area contributed by atoms with E-state index in [1.165, 1.54) is 29.5 Å². The molecule has 1 aliphatic rings. The fraction of sp³-hybridized carbons (Fsp3) is 0.625. The van der Waals surface area contributed by atoms with Crippen molar-refractivity contribution in [2.24, 2.45) is 5.73 Å². The van der Waals surface area contributed by atoms with Crippen molar-refractivity contribution >= 4 is 0 Å². The molecule has 0 bridgehead atoms. The smallest absolute Gasteiger partial charge is 0.125 e. The Hall–Kier alpha value is -1.06. The molecule has 0 saturated carbocycles. The molecule has 2 N–H and O–H groups in total. The summed E-state index contributed by atoms with van der Waals surface area (Å²) in [6.07, 6.45) is 2.42. The number of piperidine rings is 1. The molecule has 1 aromatic rings. The molecule has 0 radical (unpaired) electrons. The number of nitrogens with zero attached hydrogens (tertiary/aromatic N) is 1. The van der Waals surface area contributed by atoms with Crippen molar-refractivity contribution in [2.45, 2.75) is 32.6 Å². The molecule has 0 unspecified atom stereocenters. The molecule has 1 aromatic carbocycles. The second-order valence-electron chi connectivity index (χ2n) is 5.61. The lowest BCUT2D eigenvalue weighted by molar-refractivity contribution is 0.216. The SMILES string of the molecule is COc1c(C)cc(C)cc1C1CCN(CCN)CC1. The Morgan fingerprint density at radius 2 is 1.95 bits per heavy atom. The number of aryl methyl sites for hydroxylation is 2. The summed E-state index contributed by atoms with van der Waals surface area (Å²) in [6.45, 7) is 8.39. The lowest BCUT2D eigenvalue weighted by Gasteiger charge is -2.32. The monoisotopic (exact) mass is 262 g/mol. The normalized spacial score (nSPS) is 17.7. The molecule has 1 saturated heterocycles. The third-order valence-electron chi connectivity index (χ3n) is 4.12. The predicted molar refractivity (Wildman–Crippen MR) is 79.9 cm³/mol. The molecular weight excluding hydrogens is 236 g/mol. The van der Waals surface area contributed by atoms with Gasteiger partial charge in [0.15, 0.2) is 0 Å². The van der Waals surface area contributed by atoms with Crippen molar-refractivity contribution in [3.05, 3.63) is 28.8 Å². The lowest BCUT2D eigenvalue weighted by Crippen LogP contribution is -2.36. The molecule has 2 rings (SSSR count). The van der Waals surface area contributed by atoms with Crippen LogP contribution in [0.2, 0.25) is 0 Å². The molecule has 0 amide bonds. The number of benzene rings is 1. The molecule has 1 fully saturated rings. The number of nitrogens with two attached hydrogens (primary N) is 1. The van der Waals surface area contributed by atoms with E-state index in [1.807, 2.05) is 0 Å². The van der Waals surface area contributed by atoms with Crippen molar-refractivity contribution in [1.82, 2.24) is 4.90 Å². The van der Waals surface area contributed by atoms with E-state index in [1.54, 1.807) is 7.11 Å². The second-order valence-corrected chi connectivity index (χ2v) is 5.61. The summed E-state index contributed by atoms with van der Waals surface area (Å²) in [5.41, 5.74) is 9.61. The maximum absolute atomic E-state index is 5.63. The Labute approximate surface area is 116 Å². The van der Waals surface area contributed by atoms with E-state index in [-0.39, 0.29) is 0 Å². The second kappa shape index (κ2) is 6.40. The van der Waals surface area contributed by atoms with Crippen LogP contribution in [0.4, 0.5) is 0 Å². The van der Waals surface area contributed by atoms with Gasteiger partial charge in [0.25, 0.3) is 0 Å². The van der Waals surface area contributed by atoms with E-state index in [4.69, 9.17) is 10.5 Å². The summed E-state index contributed by atoms with van der Waals surface area (Å²) >= 11 is 0. The van der Waals surface area contributed by atoms with Crippen LogP contribution in [0, 0.1) is 13.8 Å². The van der Waals surface area contributed by atoms with Gasteiger partial charge in [0.05, 0.1) is 7.11 Å². The third-order valence-corrected chi connectivity index (χ3v) is 4.12. The van der Waals surface area contributed by atoms with E-state index in [9.17, 15) is 0 Å². The average molecular weight is 262 g/mol. The van der Waals surface area contributed by atoms with Gasteiger partial charge in [-0.25, -0.2) is 0 Å². The molecule has 19 heavy (non-hydrogen) atoms. The number of methoxy groups -OCH3 is 1. The van der Waals surface area contributed by atoms with E-state index in [0.717, 1.165) is 31.9 Å². The van der Waals surface area contributed by atoms with Gasteiger partial charge in [0.1, 0.15) is 5.75 Å². The van der Waals surface area contributed by atoms with Gasteiger partial charge < -0.3 is 15.4 Å². The molecule has 0 atom stereocenters. The van der Waals surface area contributed by atoms with Crippen molar-refractivity contribution < 1.29 is 4.74 Å². The topological polar surface area (TPSA) is 38.5 Å². The highest BCUT2D eigenvalue weighted by Crippen LogP contribution is 2.36. The summed E-state index contributed by atoms with van der Waals surface area (Å²) in [5, 5.41) is 0. The van der Waals surface area contributed by atoms with Crippen LogP contribution in [-0.4, -0.2) is 38.2 Å². The lowest BCUT2D eigenvalue weighted by atomic mass is 9.87. The Balaban J connectivity index is 2.15. The van der Waals surface area contributed by atoms with E-state index < -0.39 is 0 Å². The van der Waals surface area contributed by atoms with Gasteiger partial charge >= 0.3 is 0 Å². The minimum Gasteiger partial charge on any atom is -0.496 e. The summed E-state index contributed by atoms with van der Waals surface area (Å²) in [5.74, 6) is 1.71. The van der Waals surface area contributed by atoms with E-state index >= 15 is 0 Å². The van der Waals surface area contributed by atoms with Crippen LogP contribution in [0.5, 0.6) is 5.75 Å². The summed E-state index contributed by atoms with van der Waals surface area (Å²) in [6, 6.07) is 4.50. The number of hydrogen-bond donors (Lipinski definition) is 1. The average Bonchev–Trinajstić information content (AvgIpc) is 2.39. The van der Waals surface area contributed by atoms with Crippen LogP contribution in [0.3, 0.4) is 0 Å². The largest absolute Gasteiger partial charge is 0.496 e. The molecule has 0 aliphatic carbocycles. The zero-order valence-corrected chi connectivity index (χ0v) is 12.4. The van der Waals surface area contributed by atoms with Crippen LogP contribution in [0.15, 0.2) is 12.1 Å². The Morgan fingerprint density at radius 3 is 2.53 bits per heavy atom. The maximum atomic E-state index is 5.63. The first-order valence-electron chi connectivity index (χ1n) is 7.23. The summed E-state index contributed by atoms with van der Waals surface area (Å²) in [7, 11) is 1.78. The van der Waals surface area contributed by atoms with Crippen molar-refractivity contribution in [1.29, 1.82) is 0 Å². The third kappa shape index (κ3) is 3.28. The van der Waals surface area contributed by atoms with Gasteiger partial charge in [-0.05, 0) is 56.8 Å². The first-order chi connectivity index (χ1) is 9.15. The molecule has 106 valence electrons. The molecule has 1 aliphatic heterocycles. The quantitative estimate of drug-likeness (QED) is 0.906. The highest BCUT2D eigenvalue weighted by atomic mass is 16.5. The highest BCUT2D eigenvalue weighted by Gasteiger charge is 2.23. The molecule has 0 spiro atoms. The Kier molecular flexibility index (Phi) is 4.83. The fourth-order valence-corrected chi connectivity index (χ4v) is 3.22. The Bertz CT molecular complexity index is 423.